The van der Waals surface area contributed by atoms with Crippen molar-refractivity contribution in [3.8, 4) is 5.88 Å². The van der Waals surface area contributed by atoms with Crippen LogP contribution in [0, 0.1) is 0 Å². The maximum absolute atomic E-state index is 12.8. The quantitative estimate of drug-likeness (QED) is 0.759. The molecular formula is C21H22F3N3O5. The number of carboxylic acid groups (broad SMARTS) is 1. The first-order valence-electron chi connectivity index (χ1n) is 9.94. The maximum Gasteiger partial charge on any atom is 0.490 e. The fraction of sp³-hybridized carbons (Fsp3) is 0.429. The van der Waals surface area contributed by atoms with Crippen molar-refractivity contribution in [3.63, 3.8) is 0 Å². The number of ether oxygens (including phenoxy) is 2. The molecule has 32 heavy (non-hydrogen) atoms. The minimum Gasteiger partial charge on any atom is -0.475 e. The topological polar surface area (TPSA) is 102 Å². The molecule has 4 rings (SSSR count). The Kier molecular flexibility index (Phi) is 7.62. The summed E-state index contributed by atoms with van der Waals surface area (Å²) in [5, 5.41) is 7.12. The largest absolute Gasteiger partial charge is 0.490 e. The van der Waals surface area contributed by atoms with Crippen LogP contribution in [0.3, 0.4) is 0 Å². The summed E-state index contributed by atoms with van der Waals surface area (Å²) in [5.41, 5.74) is 0.801. The summed E-state index contributed by atoms with van der Waals surface area (Å²) in [5.74, 6) is -2.04. The van der Waals surface area contributed by atoms with E-state index in [1.54, 1.807) is 12.4 Å². The van der Waals surface area contributed by atoms with Crippen LogP contribution in [0.15, 0.2) is 48.8 Å². The van der Waals surface area contributed by atoms with Crippen LogP contribution in [-0.4, -0.2) is 69.4 Å². The van der Waals surface area contributed by atoms with Crippen LogP contribution in [0.2, 0.25) is 0 Å². The maximum atomic E-state index is 12.8. The van der Waals surface area contributed by atoms with Gasteiger partial charge in [-0.2, -0.15) is 13.2 Å². The minimum absolute atomic E-state index is 0.0645. The summed E-state index contributed by atoms with van der Waals surface area (Å²) in [4.78, 5) is 32.1. The lowest BCUT2D eigenvalue weighted by Gasteiger charge is -2.39. The van der Waals surface area contributed by atoms with Crippen molar-refractivity contribution in [1.29, 1.82) is 0 Å². The molecule has 8 nitrogen and oxygen atoms in total. The van der Waals surface area contributed by atoms with Gasteiger partial charge in [-0.15, -0.1) is 0 Å². The van der Waals surface area contributed by atoms with E-state index in [9.17, 15) is 18.0 Å². The molecule has 0 radical (unpaired) electrons. The van der Waals surface area contributed by atoms with E-state index in [2.05, 4.69) is 9.97 Å². The molecule has 0 aromatic carbocycles. The van der Waals surface area contributed by atoms with Crippen molar-refractivity contribution in [3.05, 3.63) is 54.5 Å². The third kappa shape index (κ3) is 6.16. The fourth-order valence-electron chi connectivity index (χ4n) is 3.68. The molecule has 1 amide bonds. The summed E-state index contributed by atoms with van der Waals surface area (Å²) in [6, 6.07) is 11.3. The van der Waals surface area contributed by atoms with Gasteiger partial charge in [0.15, 0.2) is 0 Å². The zero-order valence-corrected chi connectivity index (χ0v) is 16.9. The fourth-order valence-corrected chi connectivity index (χ4v) is 3.68. The summed E-state index contributed by atoms with van der Waals surface area (Å²) in [6.07, 6.45) is 0.267. The lowest BCUT2D eigenvalue weighted by atomic mass is 10.1. The number of carbonyl (C=O) groups excluding carboxylic acids is 1. The highest BCUT2D eigenvalue weighted by Gasteiger charge is 2.45. The van der Waals surface area contributed by atoms with Crippen LogP contribution in [0.4, 0.5) is 13.2 Å². The van der Waals surface area contributed by atoms with Crippen molar-refractivity contribution in [2.45, 2.75) is 43.7 Å². The predicted octanol–water partition coefficient (Wildman–Crippen LogP) is 2.49. The summed E-state index contributed by atoms with van der Waals surface area (Å²) in [7, 11) is 0. The van der Waals surface area contributed by atoms with Gasteiger partial charge in [-0.3, -0.25) is 9.78 Å². The van der Waals surface area contributed by atoms with Crippen LogP contribution in [-0.2, 0) is 20.7 Å². The van der Waals surface area contributed by atoms with Gasteiger partial charge >= 0.3 is 12.1 Å². The standard InChI is InChI=1S/C19H21N3O3.C2HF3O2/c23-18(13-14-5-1-3-9-20-14)22-11-12-24-19-15(22)7-8-16(19)25-17-6-2-4-10-21-17;3-2(4,5)1(6)7/h1-6,9-10,15-16,19H,7-8,11-13H2;(H,6,7)/t15-,16+,19+;/m0./s1. The molecule has 2 aliphatic rings. The highest BCUT2D eigenvalue weighted by Crippen LogP contribution is 2.33. The Morgan fingerprint density at radius 1 is 1.12 bits per heavy atom. The third-order valence-electron chi connectivity index (χ3n) is 5.07. The zero-order chi connectivity index (χ0) is 23.1. The molecule has 0 bridgehead atoms. The molecule has 1 saturated heterocycles. The molecule has 172 valence electrons. The number of rotatable bonds is 4. The van der Waals surface area contributed by atoms with Gasteiger partial charge in [0.25, 0.3) is 0 Å². The number of aromatic nitrogens is 2. The number of morpholine rings is 1. The van der Waals surface area contributed by atoms with Crippen LogP contribution in [0.5, 0.6) is 5.88 Å². The van der Waals surface area contributed by atoms with E-state index in [1.807, 2.05) is 41.3 Å². The summed E-state index contributed by atoms with van der Waals surface area (Å²) < 4.78 is 43.7. The second kappa shape index (κ2) is 10.4. The van der Waals surface area contributed by atoms with Crippen LogP contribution >= 0.6 is 0 Å². The number of aliphatic carboxylic acids is 1. The molecule has 2 aromatic heterocycles. The van der Waals surface area contributed by atoms with Gasteiger partial charge in [0, 0.05) is 30.7 Å². The second-order valence-electron chi connectivity index (χ2n) is 7.19. The van der Waals surface area contributed by atoms with E-state index in [4.69, 9.17) is 19.4 Å². The van der Waals surface area contributed by atoms with E-state index in [0.29, 0.717) is 25.5 Å². The van der Waals surface area contributed by atoms with E-state index in [-0.39, 0.29) is 24.2 Å². The van der Waals surface area contributed by atoms with Crippen molar-refractivity contribution >= 4 is 11.9 Å². The molecule has 0 unspecified atom stereocenters. The van der Waals surface area contributed by atoms with Crippen molar-refractivity contribution in [2.75, 3.05) is 13.2 Å². The Bertz CT molecular complexity index is 899. The van der Waals surface area contributed by atoms with Gasteiger partial charge < -0.3 is 19.5 Å². The number of fused-ring (bicyclic) bond motifs is 1. The number of pyridine rings is 2. The van der Waals surface area contributed by atoms with Crippen molar-refractivity contribution in [1.82, 2.24) is 14.9 Å². The molecule has 1 saturated carbocycles. The van der Waals surface area contributed by atoms with Gasteiger partial charge in [-0.25, -0.2) is 9.78 Å². The molecule has 3 heterocycles. The molecule has 1 N–H and O–H groups in total. The summed E-state index contributed by atoms with van der Waals surface area (Å²) >= 11 is 0. The monoisotopic (exact) mass is 453 g/mol. The van der Waals surface area contributed by atoms with Crippen LogP contribution in [0.1, 0.15) is 18.5 Å². The Morgan fingerprint density at radius 2 is 1.81 bits per heavy atom. The number of halogens is 3. The average Bonchev–Trinajstić information content (AvgIpc) is 3.18. The number of alkyl halides is 3. The SMILES string of the molecule is O=C(Cc1ccccn1)N1CCO[C@H]2[C@H](Oc3ccccn3)CC[C@@H]21.O=C(O)C(F)(F)F. The van der Waals surface area contributed by atoms with Crippen LogP contribution < -0.4 is 4.74 Å². The Morgan fingerprint density at radius 3 is 2.41 bits per heavy atom. The number of hydrogen-bond donors (Lipinski definition) is 1. The lowest BCUT2D eigenvalue weighted by molar-refractivity contribution is -0.192. The number of hydrogen-bond acceptors (Lipinski definition) is 6. The van der Waals surface area contributed by atoms with Gasteiger partial charge in [0.2, 0.25) is 11.8 Å². The molecule has 2 fully saturated rings. The number of carbonyl (C=O) groups is 2. The smallest absolute Gasteiger partial charge is 0.475 e. The van der Waals surface area contributed by atoms with E-state index in [0.717, 1.165) is 18.5 Å². The molecular weight excluding hydrogens is 431 g/mol. The Labute approximate surface area is 182 Å². The first-order valence-corrected chi connectivity index (χ1v) is 9.94. The first kappa shape index (κ1) is 23.5. The normalized spacial score (nSPS) is 22.3. The van der Waals surface area contributed by atoms with E-state index >= 15 is 0 Å². The van der Waals surface area contributed by atoms with Crippen molar-refractivity contribution < 1.29 is 37.3 Å². The van der Waals surface area contributed by atoms with Gasteiger partial charge in [-0.1, -0.05) is 12.1 Å². The highest BCUT2D eigenvalue weighted by atomic mass is 19.4. The third-order valence-corrected chi connectivity index (χ3v) is 5.07. The Balaban J connectivity index is 0.000000360. The number of amides is 1. The number of carboxylic acids is 1. The zero-order valence-electron chi connectivity index (χ0n) is 16.9. The van der Waals surface area contributed by atoms with Crippen molar-refractivity contribution in [2.24, 2.45) is 0 Å². The molecule has 11 heteroatoms. The average molecular weight is 453 g/mol. The first-order chi connectivity index (χ1) is 15.3. The second-order valence-corrected chi connectivity index (χ2v) is 7.19. The lowest BCUT2D eigenvalue weighted by Crippen LogP contribution is -2.54. The van der Waals surface area contributed by atoms with E-state index in [1.165, 1.54) is 0 Å². The van der Waals surface area contributed by atoms with Crippen LogP contribution in [0.25, 0.3) is 0 Å². The van der Waals surface area contributed by atoms with E-state index < -0.39 is 12.1 Å². The number of nitrogens with zero attached hydrogens (tertiary/aromatic N) is 3. The van der Waals surface area contributed by atoms with Gasteiger partial charge in [0.1, 0.15) is 12.2 Å². The van der Waals surface area contributed by atoms with Gasteiger partial charge in [-0.05, 0) is 31.0 Å². The summed E-state index contributed by atoms with van der Waals surface area (Å²) in [6.45, 7) is 1.17. The predicted molar refractivity (Wildman–Crippen MR) is 105 cm³/mol. The van der Waals surface area contributed by atoms with Gasteiger partial charge in [0.05, 0.1) is 19.1 Å². The Hall–Kier alpha value is -3.21. The highest BCUT2D eigenvalue weighted by molar-refractivity contribution is 5.79. The molecule has 1 aliphatic carbocycles. The minimum atomic E-state index is -5.08. The molecule has 1 aliphatic heterocycles. The molecule has 3 atom stereocenters. The molecule has 2 aromatic rings. The molecule has 0 spiro atoms.